The van der Waals surface area contributed by atoms with Crippen LogP contribution in [0.3, 0.4) is 0 Å². The minimum Gasteiger partial charge on any atom is -0.464 e. The number of dihydropyridines is 1. The summed E-state index contributed by atoms with van der Waals surface area (Å²) in [6.45, 7) is 0. The molecule has 1 aliphatic heterocycles. The first-order chi connectivity index (χ1) is 10.2. The summed E-state index contributed by atoms with van der Waals surface area (Å²) >= 11 is 0. The summed E-state index contributed by atoms with van der Waals surface area (Å²) < 4.78 is 4.77. The maximum atomic E-state index is 12.7. The van der Waals surface area contributed by atoms with Gasteiger partial charge in [-0.15, -0.1) is 0 Å². The molecule has 0 spiro atoms. The predicted octanol–water partition coefficient (Wildman–Crippen LogP) is 2.38. The zero-order valence-electron chi connectivity index (χ0n) is 11.9. The zero-order valence-corrected chi connectivity index (χ0v) is 11.9. The van der Waals surface area contributed by atoms with Crippen molar-refractivity contribution in [1.82, 2.24) is 5.32 Å². The summed E-state index contributed by atoms with van der Waals surface area (Å²) in [6.07, 6.45) is 4.66. The molecule has 0 saturated carbocycles. The van der Waals surface area contributed by atoms with Gasteiger partial charge in [0.2, 0.25) is 0 Å². The Hall–Kier alpha value is -2.36. The third-order valence-electron chi connectivity index (χ3n) is 4.00. The molecule has 0 bridgehead atoms. The van der Waals surface area contributed by atoms with E-state index in [4.69, 9.17) is 4.74 Å². The molecule has 0 fully saturated rings. The minimum absolute atomic E-state index is 0.000460. The highest BCUT2D eigenvalue weighted by Crippen LogP contribution is 2.34. The first-order valence-corrected chi connectivity index (χ1v) is 7.08. The number of ether oxygens (including phenoxy) is 1. The van der Waals surface area contributed by atoms with Gasteiger partial charge in [0.15, 0.2) is 5.78 Å². The van der Waals surface area contributed by atoms with E-state index in [9.17, 15) is 9.59 Å². The summed E-state index contributed by atoms with van der Waals surface area (Å²) in [4.78, 5) is 24.5. The lowest BCUT2D eigenvalue weighted by atomic mass is 9.91. The highest BCUT2D eigenvalue weighted by atomic mass is 16.5. The van der Waals surface area contributed by atoms with E-state index in [1.807, 2.05) is 24.3 Å². The lowest BCUT2D eigenvalue weighted by Crippen LogP contribution is -2.42. The average Bonchev–Trinajstić information content (AvgIpc) is 3.01. The van der Waals surface area contributed by atoms with Crippen molar-refractivity contribution >= 4 is 11.8 Å². The molecular weight excluding hydrogens is 266 g/mol. The van der Waals surface area contributed by atoms with Crippen LogP contribution in [0.2, 0.25) is 0 Å². The Morgan fingerprint density at radius 1 is 1.19 bits per heavy atom. The summed E-state index contributed by atoms with van der Waals surface area (Å²) in [5, 5.41) is 3.05. The van der Waals surface area contributed by atoms with Crippen molar-refractivity contribution < 1.29 is 14.3 Å². The van der Waals surface area contributed by atoms with Crippen LogP contribution in [-0.4, -0.2) is 24.9 Å². The van der Waals surface area contributed by atoms with E-state index in [2.05, 4.69) is 5.32 Å². The Morgan fingerprint density at radius 3 is 2.67 bits per heavy atom. The number of methoxy groups -OCH3 is 1. The van der Waals surface area contributed by atoms with Crippen molar-refractivity contribution in [2.24, 2.45) is 0 Å². The molecule has 1 atom stereocenters. The third-order valence-corrected chi connectivity index (χ3v) is 4.00. The van der Waals surface area contributed by atoms with Gasteiger partial charge in [0.05, 0.1) is 7.11 Å². The number of ketones is 1. The van der Waals surface area contributed by atoms with Crippen LogP contribution in [0.1, 0.15) is 29.6 Å². The largest absolute Gasteiger partial charge is 0.464 e. The molecule has 1 heterocycles. The van der Waals surface area contributed by atoms with Crippen LogP contribution in [0.5, 0.6) is 0 Å². The molecule has 1 aliphatic carbocycles. The number of benzene rings is 1. The van der Waals surface area contributed by atoms with E-state index in [-0.39, 0.29) is 5.78 Å². The second-order valence-corrected chi connectivity index (χ2v) is 5.26. The molecule has 1 aromatic carbocycles. The lowest BCUT2D eigenvalue weighted by molar-refractivity contribution is -0.136. The van der Waals surface area contributed by atoms with Gasteiger partial charge in [-0.05, 0) is 36.5 Å². The van der Waals surface area contributed by atoms with E-state index in [0.717, 1.165) is 30.4 Å². The van der Waals surface area contributed by atoms with Crippen molar-refractivity contribution in [2.75, 3.05) is 7.11 Å². The van der Waals surface area contributed by atoms with Gasteiger partial charge in [-0.1, -0.05) is 30.3 Å². The monoisotopic (exact) mass is 283 g/mol. The van der Waals surface area contributed by atoms with E-state index in [0.29, 0.717) is 11.3 Å². The number of hydrogen-bond acceptors (Lipinski definition) is 4. The van der Waals surface area contributed by atoms with Crippen LogP contribution in [-0.2, 0) is 9.53 Å². The fourth-order valence-electron chi connectivity index (χ4n) is 2.96. The van der Waals surface area contributed by atoms with Crippen LogP contribution in [0.15, 0.2) is 53.3 Å². The van der Waals surface area contributed by atoms with Gasteiger partial charge in [-0.25, -0.2) is 4.79 Å². The van der Waals surface area contributed by atoms with Gasteiger partial charge < -0.3 is 10.1 Å². The van der Waals surface area contributed by atoms with Crippen LogP contribution in [0.4, 0.5) is 0 Å². The predicted molar refractivity (Wildman–Crippen MR) is 78.7 cm³/mol. The highest BCUT2D eigenvalue weighted by Gasteiger charge is 2.33. The number of allylic oxidation sites excluding steroid dienone is 2. The van der Waals surface area contributed by atoms with Crippen molar-refractivity contribution in [1.29, 1.82) is 0 Å². The number of rotatable bonds is 3. The van der Waals surface area contributed by atoms with Gasteiger partial charge >= 0.3 is 5.97 Å². The fourth-order valence-corrected chi connectivity index (χ4v) is 2.96. The fraction of sp³-hybridized carbons (Fsp3) is 0.294. The Bertz CT molecular complexity index is 643. The molecule has 21 heavy (non-hydrogen) atoms. The SMILES string of the molecule is COC(=O)C1=CC2=C(CCC2)C(C(=O)c2ccccc2)N1. The molecule has 108 valence electrons. The quantitative estimate of drug-likeness (QED) is 0.683. The van der Waals surface area contributed by atoms with Gasteiger partial charge in [0, 0.05) is 5.56 Å². The van der Waals surface area contributed by atoms with Crippen LogP contribution >= 0.6 is 0 Å². The molecule has 4 nitrogen and oxygen atoms in total. The second kappa shape index (κ2) is 5.56. The molecule has 0 aromatic heterocycles. The molecule has 1 unspecified atom stereocenters. The summed E-state index contributed by atoms with van der Waals surface area (Å²) in [6, 6.07) is 8.72. The molecule has 0 saturated heterocycles. The summed E-state index contributed by atoms with van der Waals surface area (Å²) in [5.74, 6) is -0.432. The van der Waals surface area contributed by atoms with E-state index in [1.54, 1.807) is 12.1 Å². The topological polar surface area (TPSA) is 55.4 Å². The smallest absolute Gasteiger partial charge is 0.354 e. The number of hydrogen-bond donors (Lipinski definition) is 1. The van der Waals surface area contributed by atoms with Gasteiger partial charge in [0.25, 0.3) is 0 Å². The normalized spacial score (nSPS) is 20.4. The molecule has 0 radical (unpaired) electrons. The van der Waals surface area contributed by atoms with E-state index in [1.165, 1.54) is 7.11 Å². The van der Waals surface area contributed by atoms with E-state index >= 15 is 0 Å². The molecule has 1 aromatic rings. The number of Topliss-reactive ketones (excluding diaryl/α,β-unsaturated/α-hetero) is 1. The average molecular weight is 283 g/mol. The Morgan fingerprint density at radius 2 is 1.95 bits per heavy atom. The van der Waals surface area contributed by atoms with E-state index < -0.39 is 12.0 Å². The zero-order chi connectivity index (χ0) is 14.8. The van der Waals surface area contributed by atoms with Crippen LogP contribution < -0.4 is 5.32 Å². The number of nitrogens with one attached hydrogen (secondary N) is 1. The number of carbonyl (C=O) groups excluding carboxylic acids is 2. The minimum atomic E-state index is -0.455. The highest BCUT2D eigenvalue weighted by molar-refractivity contribution is 6.04. The van der Waals surface area contributed by atoms with Gasteiger partial charge in [0.1, 0.15) is 11.7 Å². The standard InChI is InChI=1S/C17H17NO3/c1-21-17(20)14-10-12-8-5-9-13(12)15(18-14)16(19)11-6-3-2-4-7-11/h2-4,6-7,10,15,18H,5,8-9H2,1H3. The molecule has 0 amide bonds. The third kappa shape index (κ3) is 2.49. The molecule has 2 aliphatic rings. The summed E-state index contributed by atoms with van der Waals surface area (Å²) in [5.41, 5.74) is 3.23. The summed E-state index contributed by atoms with van der Waals surface area (Å²) in [7, 11) is 1.34. The van der Waals surface area contributed by atoms with Crippen molar-refractivity contribution in [3.05, 3.63) is 58.8 Å². The Kier molecular flexibility index (Phi) is 3.60. The van der Waals surface area contributed by atoms with Crippen molar-refractivity contribution in [2.45, 2.75) is 25.3 Å². The Balaban J connectivity index is 1.94. The maximum Gasteiger partial charge on any atom is 0.354 e. The number of carbonyl (C=O) groups is 2. The first kappa shape index (κ1) is 13.6. The van der Waals surface area contributed by atoms with Crippen molar-refractivity contribution in [3.8, 4) is 0 Å². The van der Waals surface area contributed by atoms with Crippen LogP contribution in [0.25, 0.3) is 0 Å². The molecular formula is C17H17NO3. The van der Waals surface area contributed by atoms with Crippen molar-refractivity contribution in [3.63, 3.8) is 0 Å². The van der Waals surface area contributed by atoms with Gasteiger partial charge in [-0.3, -0.25) is 4.79 Å². The number of esters is 1. The first-order valence-electron chi connectivity index (χ1n) is 7.08. The Labute approximate surface area is 123 Å². The lowest BCUT2D eigenvalue weighted by Gasteiger charge is -2.26. The van der Waals surface area contributed by atoms with Crippen LogP contribution in [0, 0.1) is 0 Å². The molecule has 4 heteroatoms. The second-order valence-electron chi connectivity index (χ2n) is 5.26. The molecule has 3 rings (SSSR count). The van der Waals surface area contributed by atoms with Gasteiger partial charge in [-0.2, -0.15) is 0 Å². The maximum absolute atomic E-state index is 12.7. The molecule has 1 N–H and O–H groups in total.